The third kappa shape index (κ3) is 2.03. The Morgan fingerprint density at radius 1 is 1.39 bits per heavy atom. The summed E-state index contributed by atoms with van der Waals surface area (Å²) in [6, 6.07) is 6.35. The maximum atomic E-state index is 6.16. The van der Waals surface area contributed by atoms with Crippen LogP contribution in [0.1, 0.15) is 18.0 Å². The SMILES string of the molecule is CN1CCNCCC1c1coc2c(Cl)cccc12. The van der Waals surface area contributed by atoms with Crippen molar-refractivity contribution in [2.24, 2.45) is 0 Å². The largest absolute Gasteiger partial charge is 0.462 e. The van der Waals surface area contributed by atoms with Crippen LogP contribution in [0.4, 0.5) is 0 Å². The van der Waals surface area contributed by atoms with Gasteiger partial charge in [-0.3, -0.25) is 4.90 Å². The number of para-hydroxylation sites is 1. The van der Waals surface area contributed by atoms with E-state index in [0.29, 0.717) is 11.1 Å². The zero-order valence-corrected chi connectivity index (χ0v) is 11.2. The normalized spacial score (nSPS) is 22.2. The van der Waals surface area contributed by atoms with Crippen LogP contribution < -0.4 is 5.32 Å². The molecule has 1 atom stereocenters. The van der Waals surface area contributed by atoms with Crippen LogP contribution >= 0.6 is 11.6 Å². The zero-order chi connectivity index (χ0) is 12.5. The highest BCUT2D eigenvalue weighted by molar-refractivity contribution is 6.34. The molecule has 1 aromatic heterocycles. The monoisotopic (exact) mass is 264 g/mol. The number of nitrogens with one attached hydrogen (secondary N) is 1. The second-order valence-corrected chi connectivity index (χ2v) is 5.25. The number of nitrogens with zero attached hydrogens (tertiary/aromatic N) is 1. The number of hydrogen-bond acceptors (Lipinski definition) is 3. The number of halogens is 1. The average molecular weight is 265 g/mol. The van der Waals surface area contributed by atoms with Gasteiger partial charge in [0.05, 0.1) is 11.3 Å². The lowest BCUT2D eigenvalue weighted by atomic mass is 10.0. The molecule has 1 aromatic carbocycles. The summed E-state index contributed by atoms with van der Waals surface area (Å²) in [5, 5.41) is 5.26. The molecule has 0 amide bonds. The van der Waals surface area contributed by atoms with Crippen molar-refractivity contribution in [3.05, 3.63) is 35.0 Å². The number of furan rings is 1. The van der Waals surface area contributed by atoms with Crippen LogP contribution in [0, 0.1) is 0 Å². The van der Waals surface area contributed by atoms with Gasteiger partial charge in [-0.25, -0.2) is 0 Å². The lowest BCUT2D eigenvalue weighted by molar-refractivity contribution is 0.258. The quantitative estimate of drug-likeness (QED) is 0.858. The van der Waals surface area contributed by atoms with Gasteiger partial charge in [0.2, 0.25) is 0 Å². The minimum atomic E-state index is 0.403. The van der Waals surface area contributed by atoms with E-state index in [9.17, 15) is 0 Å². The van der Waals surface area contributed by atoms with Gasteiger partial charge >= 0.3 is 0 Å². The highest BCUT2D eigenvalue weighted by Gasteiger charge is 2.23. The first-order valence-corrected chi connectivity index (χ1v) is 6.72. The fourth-order valence-corrected chi connectivity index (χ4v) is 2.91. The molecule has 1 unspecified atom stereocenters. The topological polar surface area (TPSA) is 28.4 Å². The van der Waals surface area contributed by atoms with Crippen LogP contribution in [-0.4, -0.2) is 31.6 Å². The van der Waals surface area contributed by atoms with Gasteiger partial charge in [0.15, 0.2) is 5.58 Å². The second-order valence-electron chi connectivity index (χ2n) is 4.84. The molecule has 4 heteroatoms. The molecule has 1 fully saturated rings. The standard InChI is InChI=1S/C14H17ClN2O/c1-17-8-7-16-6-5-13(17)11-9-18-14-10(11)3-2-4-12(14)15/h2-4,9,13,16H,5-8H2,1H3. The van der Waals surface area contributed by atoms with Crippen LogP contribution in [0.5, 0.6) is 0 Å². The lowest BCUT2D eigenvalue weighted by Gasteiger charge is -2.24. The molecule has 0 bridgehead atoms. The molecule has 2 heterocycles. The number of hydrogen-bond donors (Lipinski definition) is 1. The van der Waals surface area contributed by atoms with Gasteiger partial charge in [0.25, 0.3) is 0 Å². The van der Waals surface area contributed by atoms with Gasteiger partial charge in [-0.05, 0) is 26.1 Å². The van der Waals surface area contributed by atoms with Gasteiger partial charge in [-0.1, -0.05) is 23.7 Å². The fraction of sp³-hybridized carbons (Fsp3) is 0.429. The molecular weight excluding hydrogens is 248 g/mol. The fourth-order valence-electron chi connectivity index (χ4n) is 2.69. The Labute approximate surface area is 112 Å². The van der Waals surface area contributed by atoms with Crippen molar-refractivity contribution in [3.8, 4) is 0 Å². The van der Waals surface area contributed by atoms with Gasteiger partial charge in [0.1, 0.15) is 0 Å². The minimum absolute atomic E-state index is 0.403. The molecule has 1 saturated heterocycles. The Morgan fingerprint density at radius 3 is 3.17 bits per heavy atom. The molecule has 1 N–H and O–H groups in total. The maximum absolute atomic E-state index is 6.16. The van der Waals surface area contributed by atoms with E-state index < -0.39 is 0 Å². The van der Waals surface area contributed by atoms with Crippen molar-refractivity contribution in [2.75, 3.05) is 26.7 Å². The summed E-state index contributed by atoms with van der Waals surface area (Å²) in [6.07, 6.45) is 2.96. The number of rotatable bonds is 1. The van der Waals surface area contributed by atoms with E-state index in [1.165, 1.54) is 5.56 Å². The third-order valence-electron chi connectivity index (χ3n) is 3.71. The molecule has 1 aliphatic heterocycles. The highest BCUT2D eigenvalue weighted by Crippen LogP contribution is 2.34. The van der Waals surface area contributed by atoms with E-state index in [2.05, 4.69) is 23.3 Å². The van der Waals surface area contributed by atoms with Crippen LogP contribution in [0.2, 0.25) is 5.02 Å². The first-order chi connectivity index (χ1) is 8.77. The molecule has 3 rings (SSSR count). The van der Waals surface area contributed by atoms with Crippen LogP contribution in [0.3, 0.4) is 0 Å². The average Bonchev–Trinajstić information content (AvgIpc) is 2.68. The number of fused-ring (bicyclic) bond motifs is 1. The number of benzene rings is 1. The molecule has 96 valence electrons. The summed E-state index contributed by atoms with van der Waals surface area (Å²) in [5.41, 5.74) is 2.05. The molecule has 1 aliphatic rings. The predicted molar refractivity (Wildman–Crippen MR) is 74.1 cm³/mol. The van der Waals surface area contributed by atoms with Crippen molar-refractivity contribution in [2.45, 2.75) is 12.5 Å². The maximum Gasteiger partial charge on any atom is 0.152 e. The Morgan fingerprint density at radius 2 is 2.28 bits per heavy atom. The molecule has 0 radical (unpaired) electrons. The van der Waals surface area contributed by atoms with Crippen LogP contribution in [-0.2, 0) is 0 Å². The second kappa shape index (κ2) is 4.92. The Kier molecular flexibility index (Phi) is 3.29. The third-order valence-corrected chi connectivity index (χ3v) is 4.01. The van der Waals surface area contributed by atoms with E-state index in [4.69, 9.17) is 16.0 Å². The smallest absolute Gasteiger partial charge is 0.152 e. The summed E-state index contributed by atoms with van der Waals surface area (Å²) < 4.78 is 5.64. The Hall–Kier alpha value is -1.03. The highest BCUT2D eigenvalue weighted by atomic mass is 35.5. The van der Waals surface area contributed by atoms with E-state index in [1.54, 1.807) is 0 Å². The molecule has 2 aromatic rings. The molecule has 0 spiro atoms. The van der Waals surface area contributed by atoms with Crippen LogP contribution in [0.25, 0.3) is 11.0 Å². The van der Waals surface area contributed by atoms with Crippen molar-refractivity contribution < 1.29 is 4.42 Å². The lowest BCUT2D eigenvalue weighted by Crippen LogP contribution is -2.26. The van der Waals surface area contributed by atoms with Crippen molar-refractivity contribution in [1.82, 2.24) is 10.2 Å². The van der Waals surface area contributed by atoms with E-state index in [-0.39, 0.29) is 0 Å². The molecule has 18 heavy (non-hydrogen) atoms. The van der Waals surface area contributed by atoms with Crippen molar-refractivity contribution in [1.29, 1.82) is 0 Å². The van der Waals surface area contributed by atoms with Crippen molar-refractivity contribution >= 4 is 22.6 Å². The summed E-state index contributed by atoms with van der Waals surface area (Å²) in [5.74, 6) is 0. The van der Waals surface area contributed by atoms with Gasteiger partial charge in [0, 0.05) is 30.1 Å². The Balaban J connectivity index is 2.05. The van der Waals surface area contributed by atoms with Gasteiger partial charge in [-0.15, -0.1) is 0 Å². The predicted octanol–water partition coefficient (Wildman–Crippen LogP) is 3.05. The van der Waals surface area contributed by atoms with E-state index >= 15 is 0 Å². The number of likely N-dealkylation sites (N-methyl/N-ethyl adjacent to an activating group) is 1. The first kappa shape index (κ1) is 12.0. The summed E-state index contributed by atoms with van der Waals surface area (Å²) in [6.45, 7) is 3.14. The molecule has 0 aliphatic carbocycles. The first-order valence-electron chi connectivity index (χ1n) is 6.34. The van der Waals surface area contributed by atoms with Crippen molar-refractivity contribution in [3.63, 3.8) is 0 Å². The van der Waals surface area contributed by atoms with Gasteiger partial charge < -0.3 is 9.73 Å². The summed E-state index contributed by atoms with van der Waals surface area (Å²) in [4.78, 5) is 2.38. The molecule has 3 nitrogen and oxygen atoms in total. The summed E-state index contributed by atoms with van der Waals surface area (Å²) >= 11 is 6.16. The Bertz CT molecular complexity index is 552. The van der Waals surface area contributed by atoms with Crippen LogP contribution in [0.15, 0.2) is 28.9 Å². The van der Waals surface area contributed by atoms with E-state index in [0.717, 1.165) is 37.0 Å². The zero-order valence-electron chi connectivity index (χ0n) is 10.4. The molecular formula is C14H17ClN2O. The minimum Gasteiger partial charge on any atom is -0.462 e. The van der Waals surface area contributed by atoms with Gasteiger partial charge in [-0.2, -0.15) is 0 Å². The summed E-state index contributed by atoms with van der Waals surface area (Å²) in [7, 11) is 2.17. The molecule has 0 saturated carbocycles. The van der Waals surface area contributed by atoms with E-state index in [1.807, 2.05) is 18.4 Å².